The highest BCUT2D eigenvalue weighted by Crippen LogP contribution is 2.40. The smallest absolute Gasteiger partial charge is 0.348 e. The fourth-order valence-electron chi connectivity index (χ4n) is 2.05. The Morgan fingerprint density at radius 3 is 2.50 bits per heavy atom. The van der Waals surface area contributed by atoms with Crippen LogP contribution in [0, 0.1) is 11.6 Å². The van der Waals surface area contributed by atoms with Gasteiger partial charge in [-0.2, -0.15) is 8.75 Å². The molecule has 0 fully saturated rings. The lowest BCUT2D eigenvalue weighted by Crippen LogP contribution is -2.23. The minimum atomic E-state index is -1.03. The van der Waals surface area contributed by atoms with Crippen LogP contribution in [0.4, 0.5) is 8.78 Å². The molecular weight excluding hydrogens is 422 g/mol. The second kappa shape index (κ2) is 6.12. The van der Waals surface area contributed by atoms with Crippen molar-refractivity contribution >= 4 is 56.0 Å². The third kappa shape index (κ3) is 3.07. The van der Waals surface area contributed by atoms with Crippen molar-refractivity contribution in [2.45, 2.75) is 26.4 Å². The van der Waals surface area contributed by atoms with Crippen LogP contribution in [0.15, 0.2) is 16.6 Å². The van der Waals surface area contributed by atoms with Gasteiger partial charge in [0.05, 0.1) is 21.8 Å². The number of aromatic nitrogens is 2. The highest BCUT2D eigenvalue weighted by Gasteiger charge is 2.25. The lowest BCUT2D eigenvalue weighted by Gasteiger charge is -2.18. The molecule has 0 spiro atoms. The first-order valence-electron chi connectivity index (χ1n) is 6.81. The van der Waals surface area contributed by atoms with Gasteiger partial charge in [0.1, 0.15) is 21.5 Å². The number of thiophene rings is 1. The Balaban J connectivity index is 2.10. The zero-order chi connectivity index (χ0) is 17.6. The van der Waals surface area contributed by atoms with Gasteiger partial charge < -0.3 is 4.74 Å². The van der Waals surface area contributed by atoms with Crippen molar-refractivity contribution in [3.05, 3.63) is 33.1 Å². The molecule has 0 saturated heterocycles. The van der Waals surface area contributed by atoms with Gasteiger partial charge in [-0.05, 0) is 48.8 Å². The van der Waals surface area contributed by atoms with E-state index in [-0.39, 0.29) is 21.1 Å². The molecule has 0 radical (unpaired) electrons. The maximum absolute atomic E-state index is 14.5. The molecule has 0 aliphatic rings. The van der Waals surface area contributed by atoms with Crippen LogP contribution in [0.25, 0.3) is 21.5 Å². The summed E-state index contributed by atoms with van der Waals surface area (Å²) in [4.78, 5) is 12.8. The molecule has 3 rings (SSSR count). The maximum Gasteiger partial charge on any atom is 0.348 e. The highest BCUT2D eigenvalue weighted by molar-refractivity contribution is 9.10. The number of nitrogens with zero attached hydrogens (tertiary/aromatic N) is 2. The molecule has 126 valence electrons. The van der Waals surface area contributed by atoms with Crippen molar-refractivity contribution in [3.8, 4) is 10.4 Å². The molecule has 2 heterocycles. The van der Waals surface area contributed by atoms with E-state index in [2.05, 4.69) is 24.7 Å². The molecule has 0 atom stereocenters. The molecule has 0 unspecified atom stereocenters. The van der Waals surface area contributed by atoms with Gasteiger partial charge in [-0.3, -0.25) is 0 Å². The van der Waals surface area contributed by atoms with E-state index in [1.807, 2.05) is 0 Å². The van der Waals surface area contributed by atoms with E-state index in [9.17, 15) is 13.6 Å². The Kier molecular flexibility index (Phi) is 4.43. The first-order valence-corrected chi connectivity index (χ1v) is 9.15. The van der Waals surface area contributed by atoms with E-state index in [0.29, 0.717) is 9.75 Å². The van der Waals surface area contributed by atoms with Crippen molar-refractivity contribution in [3.63, 3.8) is 0 Å². The summed E-state index contributed by atoms with van der Waals surface area (Å²) in [7, 11) is 0. The number of hydrogen-bond donors (Lipinski definition) is 0. The largest absolute Gasteiger partial charge is 0.456 e. The quantitative estimate of drug-likeness (QED) is 0.400. The van der Waals surface area contributed by atoms with Crippen LogP contribution in [0.3, 0.4) is 0 Å². The number of carbonyl (C=O) groups excluding carboxylic acids is 1. The van der Waals surface area contributed by atoms with Crippen LogP contribution in [0.1, 0.15) is 30.4 Å². The van der Waals surface area contributed by atoms with E-state index in [0.717, 1.165) is 23.1 Å². The summed E-state index contributed by atoms with van der Waals surface area (Å²) in [6.07, 6.45) is 0. The van der Waals surface area contributed by atoms with Gasteiger partial charge in [0, 0.05) is 4.88 Å². The van der Waals surface area contributed by atoms with Gasteiger partial charge in [0.2, 0.25) is 0 Å². The summed E-state index contributed by atoms with van der Waals surface area (Å²) in [5.41, 5.74) is -0.133. The Bertz CT molecular complexity index is 947. The third-order valence-electron chi connectivity index (χ3n) is 2.99. The second-order valence-corrected chi connectivity index (χ2v) is 8.35. The van der Waals surface area contributed by atoms with Crippen molar-refractivity contribution in [2.24, 2.45) is 0 Å². The summed E-state index contributed by atoms with van der Waals surface area (Å²) in [6.45, 7) is 5.27. The van der Waals surface area contributed by atoms with Gasteiger partial charge >= 0.3 is 5.97 Å². The molecule has 1 aromatic carbocycles. The van der Waals surface area contributed by atoms with Crippen molar-refractivity contribution in [1.82, 2.24) is 8.75 Å². The Morgan fingerprint density at radius 1 is 1.17 bits per heavy atom. The molecule has 9 heteroatoms. The molecule has 0 aliphatic heterocycles. The normalized spacial score (nSPS) is 11.9. The fraction of sp³-hybridized carbons (Fsp3) is 0.267. The summed E-state index contributed by atoms with van der Waals surface area (Å²) < 4.78 is 41.8. The van der Waals surface area contributed by atoms with Crippen molar-refractivity contribution < 1.29 is 18.3 Å². The van der Waals surface area contributed by atoms with Gasteiger partial charge in [0.25, 0.3) is 0 Å². The lowest BCUT2D eigenvalue weighted by atomic mass is 10.1. The fourth-order valence-corrected chi connectivity index (χ4v) is 4.10. The lowest BCUT2D eigenvalue weighted by molar-refractivity contribution is 0.00752. The number of halogens is 3. The topological polar surface area (TPSA) is 52.1 Å². The maximum atomic E-state index is 14.5. The number of rotatable bonds is 2. The Labute approximate surface area is 152 Å². The molecule has 4 nitrogen and oxygen atoms in total. The van der Waals surface area contributed by atoms with Crippen molar-refractivity contribution in [1.29, 1.82) is 0 Å². The number of hydrogen-bond acceptors (Lipinski definition) is 6. The van der Waals surface area contributed by atoms with Crippen molar-refractivity contribution in [2.75, 3.05) is 0 Å². The summed E-state index contributed by atoms with van der Waals surface area (Å²) >= 11 is 4.88. The van der Waals surface area contributed by atoms with E-state index in [1.165, 1.54) is 6.07 Å². The van der Waals surface area contributed by atoms with E-state index in [1.54, 1.807) is 26.8 Å². The van der Waals surface area contributed by atoms with Gasteiger partial charge in [-0.1, -0.05) is 0 Å². The molecular formula is C15H11BrF2N2O2S2. The summed E-state index contributed by atoms with van der Waals surface area (Å²) in [6, 6.07) is 3.08. The Morgan fingerprint density at radius 2 is 1.83 bits per heavy atom. The Hall–Kier alpha value is -1.45. The highest BCUT2D eigenvalue weighted by atomic mass is 79.9. The number of ether oxygens (including phenoxy) is 1. The zero-order valence-electron chi connectivity index (χ0n) is 12.8. The standard InChI is InChI=1S/C15H11BrF2N2O2S2/c1-15(2,3)22-14(21)7-5-4-6(23-7)8-10(17)11(18)9(16)13-12(8)19-24-20-13/h4-5H,1-3H3. The minimum Gasteiger partial charge on any atom is -0.456 e. The molecule has 3 aromatic rings. The van der Waals surface area contributed by atoms with Crippen LogP contribution >= 0.6 is 39.0 Å². The van der Waals surface area contributed by atoms with Gasteiger partial charge in [-0.25, -0.2) is 13.6 Å². The van der Waals surface area contributed by atoms with Crippen LogP contribution in [0.2, 0.25) is 0 Å². The van der Waals surface area contributed by atoms with Crippen LogP contribution < -0.4 is 0 Å². The van der Waals surface area contributed by atoms with E-state index in [4.69, 9.17) is 4.74 Å². The molecule has 0 saturated carbocycles. The molecule has 0 bridgehead atoms. The first kappa shape index (κ1) is 17.4. The monoisotopic (exact) mass is 432 g/mol. The number of esters is 1. The molecule has 0 amide bonds. The molecule has 2 aromatic heterocycles. The number of benzene rings is 1. The predicted molar refractivity (Wildman–Crippen MR) is 93.5 cm³/mol. The second-order valence-electron chi connectivity index (χ2n) is 5.94. The molecule has 24 heavy (non-hydrogen) atoms. The summed E-state index contributed by atoms with van der Waals surface area (Å²) in [5.74, 6) is -2.57. The van der Waals surface area contributed by atoms with Crippen LogP contribution in [0.5, 0.6) is 0 Å². The SMILES string of the molecule is CC(C)(C)OC(=O)c1ccc(-c2c(F)c(F)c(Br)c3nsnc23)s1. The van der Waals surface area contributed by atoms with Gasteiger partial charge in [-0.15, -0.1) is 11.3 Å². The van der Waals surface area contributed by atoms with E-state index >= 15 is 0 Å². The minimum absolute atomic E-state index is 0.000686. The number of carbonyl (C=O) groups is 1. The van der Waals surface area contributed by atoms with Crippen LogP contribution in [-0.2, 0) is 4.74 Å². The van der Waals surface area contributed by atoms with Gasteiger partial charge in [0.15, 0.2) is 11.6 Å². The molecule has 0 N–H and O–H groups in total. The van der Waals surface area contributed by atoms with E-state index < -0.39 is 23.2 Å². The third-order valence-corrected chi connectivity index (χ3v) is 5.33. The van der Waals surface area contributed by atoms with Crippen LogP contribution in [-0.4, -0.2) is 20.3 Å². The average Bonchev–Trinajstić information content (AvgIpc) is 3.13. The molecule has 0 aliphatic carbocycles. The predicted octanol–water partition coefficient (Wildman–Crippen LogP) is 5.42. The zero-order valence-corrected chi connectivity index (χ0v) is 16.0. The summed E-state index contributed by atoms with van der Waals surface area (Å²) in [5, 5.41) is 0. The number of fused-ring (bicyclic) bond motifs is 1. The first-order chi connectivity index (χ1) is 11.2. The average molecular weight is 433 g/mol.